The fourth-order valence-corrected chi connectivity index (χ4v) is 2.47. The second-order valence-corrected chi connectivity index (χ2v) is 4.57. The predicted octanol–water partition coefficient (Wildman–Crippen LogP) is 4.09. The van der Waals surface area contributed by atoms with E-state index in [1.54, 1.807) is 30.3 Å². The molecule has 0 N–H and O–H groups in total. The highest BCUT2D eigenvalue weighted by molar-refractivity contribution is 7.98. The van der Waals surface area contributed by atoms with E-state index in [-0.39, 0.29) is 5.82 Å². The smallest absolute Gasteiger partial charge is 0.211 e. The van der Waals surface area contributed by atoms with Gasteiger partial charge in [0.25, 0.3) is 0 Å². The van der Waals surface area contributed by atoms with E-state index in [0.29, 0.717) is 17.0 Å². The lowest BCUT2D eigenvalue weighted by Gasteiger charge is -2.05. The van der Waals surface area contributed by atoms with Crippen LogP contribution in [0, 0.1) is 5.82 Å². The largest absolute Gasteiger partial charge is 0.240 e. The van der Waals surface area contributed by atoms with Crippen LogP contribution in [0.4, 0.5) is 10.1 Å². The average molecular weight is 259 g/mol. The molecule has 2 rings (SSSR count). The Morgan fingerprint density at radius 1 is 1.11 bits per heavy atom. The van der Waals surface area contributed by atoms with Gasteiger partial charge in [0.05, 0.1) is 5.69 Å². The van der Waals surface area contributed by atoms with Gasteiger partial charge in [-0.1, -0.05) is 30.3 Å². The van der Waals surface area contributed by atoms with Gasteiger partial charge in [-0.2, -0.15) is 4.99 Å². The van der Waals surface area contributed by atoms with Crippen molar-refractivity contribution in [2.45, 2.75) is 10.6 Å². The minimum Gasteiger partial charge on any atom is -0.211 e. The summed E-state index contributed by atoms with van der Waals surface area (Å²) in [5, 5.41) is 0. The summed E-state index contributed by atoms with van der Waals surface area (Å²) < 4.78 is 13.4. The molecule has 0 aliphatic carbocycles. The summed E-state index contributed by atoms with van der Waals surface area (Å²) in [6.45, 7) is 0. The van der Waals surface area contributed by atoms with E-state index in [1.165, 1.54) is 23.9 Å². The van der Waals surface area contributed by atoms with Crippen LogP contribution in [0.1, 0.15) is 5.56 Å². The Morgan fingerprint density at radius 3 is 2.61 bits per heavy atom. The minimum absolute atomic E-state index is 0.221. The third-order valence-electron chi connectivity index (χ3n) is 2.37. The van der Waals surface area contributed by atoms with Crippen molar-refractivity contribution in [1.29, 1.82) is 0 Å². The zero-order chi connectivity index (χ0) is 12.8. The van der Waals surface area contributed by atoms with Crippen LogP contribution in [0.2, 0.25) is 0 Å². The van der Waals surface area contributed by atoms with Gasteiger partial charge in [-0.05, 0) is 23.8 Å². The molecule has 2 aromatic carbocycles. The molecule has 0 radical (unpaired) electrons. The van der Waals surface area contributed by atoms with Crippen LogP contribution in [-0.2, 0) is 10.5 Å². The van der Waals surface area contributed by atoms with Gasteiger partial charge in [-0.3, -0.25) is 0 Å². The third kappa shape index (κ3) is 3.06. The van der Waals surface area contributed by atoms with Crippen molar-refractivity contribution >= 4 is 23.5 Å². The van der Waals surface area contributed by atoms with Gasteiger partial charge in [-0.15, -0.1) is 11.8 Å². The van der Waals surface area contributed by atoms with Crippen LogP contribution in [0.5, 0.6) is 0 Å². The van der Waals surface area contributed by atoms with Crippen molar-refractivity contribution in [2.24, 2.45) is 4.99 Å². The van der Waals surface area contributed by atoms with E-state index in [2.05, 4.69) is 4.99 Å². The molecule has 0 aliphatic heterocycles. The highest BCUT2D eigenvalue weighted by Gasteiger charge is 2.04. The number of carbonyl (C=O) groups excluding carboxylic acids is 1. The molecule has 0 spiro atoms. The zero-order valence-corrected chi connectivity index (χ0v) is 10.3. The summed E-state index contributed by atoms with van der Waals surface area (Å²) in [5.74, 6) is 0.277. The number of benzene rings is 2. The summed E-state index contributed by atoms with van der Waals surface area (Å²) in [7, 11) is 0. The number of aliphatic imine (C=N–C) groups is 1. The number of halogens is 1. The molecule has 0 unspecified atom stereocenters. The Bertz CT molecular complexity index is 594. The van der Waals surface area contributed by atoms with Crippen LogP contribution in [0.15, 0.2) is 58.4 Å². The number of nitrogens with zero attached hydrogens (tertiary/aromatic N) is 1. The van der Waals surface area contributed by atoms with Gasteiger partial charge < -0.3 is 0 Å². The summed E-state index contributed by atoms with van der Waals surface area (Å²) >= 11 is 1.44. The molecule has 2 nitrogen and oxygen atoms in total. The van der Waals surface area contributed by atoms with Crippen molar-refractivity contribution in [3.05, 3.63) is 59.9 Å². The molecule has 0 heterocycles. The van der Waals surface area contributed by atoms with Crippen molar-refractivity contribution in [3.8, 4) is 0 Å². The minimum atomic E-state index is -0.221. The van der Waals surface area contributed by atoms with Crippen molar-refractivity contribution < 1.29 is 9.18 Å². The molecule has 0 saturated carbocycles. The number of hydrogen-bond donors (Lipinski definition) is 0. The molecule has 2 aromatic rings. The Kier molecular flexibility index (Phi) is 4.29. The summed E-state index contributed by atoms with van der Waals surface area (Å²) in [5.41, 5.74) is 1.20. The molecule has 90 valence electrons. The van der Waals surface area contributed by atoms with Gasteiger partial charge in [0.2, 0.25) is 6.08 Å². The average Bonchev–Trinajstić information content (AvgIpc) is 2.40. The van der Waals surface area contributed by atoms with Crippen LogP contribution >= 0.6 is 11.8 Å². The molecule has 0 amide bonds. The fourth-order valence-electron chi connectivity index (χ4n) is 1.49. The molecule has 0 saturated heterocycles. The van der Waals surface area contributed by atoms with Crippen LogP contribution in [-0.4, -0.2) is 6.08 Å². The molecule has 18 heavy (non-hydrogen) atoms. The Hall–Kier alpha value is -1.90. The van der Waals surface area contributed by atoms with E-state index in [1.807, 2.05) is 12.1 Å². The Morgan fingerprint density at radius 2 is 1.83 bits per heavy atom. The van der Waals surface area contributed by atoms with Crippen LogP contribution in [0.25, 0.3) is 0 Å². The number of para-hydroxylation sites is 1. The topological polar surface area (TPSA) is 29.4 Å². The van der Waals surface area contributed by atoms with Gasteiger partial charge in [0.15, 0.2) is 0 Å². The Balaban J connectivity index is 2.16. The highest BCUT2D eigenvalue weighted by Crippen LogP contribution is 2.31. The molecule has 0 bridgehead atoms. The fraction of sp³-hybridized carbons (Fsp3) is 0.0714. The second kappa shape index (κ2) is 6.15. The quantitative estimate of drug-likeness (QED) is 0.470. The lowest BCUT2D eigenvalue weighted by atomic mass is 10.2. The zero-order valence-electron chi connectivity index (χ0n) is 9.47. The van der Waals surface area contributed by atoms with E-state index in [9.17, 15) is 9.18 Å². The lowest BCUT2D eigenvalue weighted by Crippen LogP contribution is -1.86. The molecule has 0 atom stereocenters. The molecule has 4 heteroatoms. The first-order valence-electron chi connectivity index (χ1n) is 5.34. The maximum Gasteiger partial charge on any atom is 0.240 e. The number of rotatable bonds is 4. The standard InChI is InChI=1S/C14H10FNOS/c15-12-6-2-1-5-11(12)9-18-14-8-4-3-7-13(14)16-10-17/h1-8H,9H2. The van der Waals surface area contributed by atoms with E-state index < -0.39 is 0 Å². The number of isocyanates is 1. The third-order valence-corrected chi connectivity index (χ3v) is 3.48. The maximum absolute atomic E-state index is 13.4. The van der Waals surface area contributed by atoms with E-state index in [4.69, 9.17) is 0 Å². The second-order valence-electron chi connectivity index (χ2n) is 3.55. The predicted molar refractivity (Wildman–Crippen MR) is 70.2 cm³/mol. The number of thioether (sulfide) groups is 1. The SMILES string of the molecule is O=C=Nc1ccccc1SCc1ccccc1F. The van der Waals surface area contributed by atoms with Crippen molar-refractivity contribution in [3.63, 3.8) is 0 Å². The molecular formula is C14H10FNOS. The number of hydrogen-bond acceptors (Lipinski definition) is 3. The maximum atomic E-state index is 13.4. The van der Waals surface area contributed by atoms with Gasteiger partial charge >= 0.3 is 0 Å². The monoisotopic (exact) mass is 259 g/mol. The van der Waals surface area contributed by atoms with Gasteiger partial charge in [0, 0.05) is 10.6 Å². The first-order valence-corrected chi connectivity index (χ1v) is 6.33. The van der Waals surface area contributed by atoms with E-state index in [0.717, 1.165) is 4.90 Å². The van der Waals surface area contributed by atoms with E-state index >= 15 is 0 Å². The lowest BCUT2D eigenvalue weighted by molar-refractivity contribution is 0.565. The summed E-state index contributed by atoms with van der Waals surface area (Å²) in [4.78, 5) is 14.8. The molecule has 0 fully saturated rings. The van der Waals surface area contributed by atoms with Gasteiger partial charge in [-0.25, -0.2) is 9.18 Å². The summed E-state index contributed by atoms with van der Waals surface area (Å²) in [6.07, 6.45) is 1.52. The molecule has 0 aliphatic rings. The van der Waals surface area contributed by atoms with Crippen molar-refractivity contribution in [2.75, 3.05) is 0 Å². The normalized spacial score (nSPS) is 9.83. The van der Waals surface area contributed by atoms with Crippen LogP contribution in [0.3, 0.4) is 0 Å². The van der Waals surface area contributed by atoms with Gasteiger partial charge in [0.1, 0.15) is 5.82 Å². The summed E-state index contributed by atoms with van der Waals surface area (Å²) in [6, 6.07) is 13.9. The van der Waals surface area contributed by atoms with Crippen molar-refractivity contribution in [1.82, 2.24) is 0 Å². The van der Waals surface area contributed by atoms with Crippen LogP contribution < -0.4 is 0 Å². The first-order chi connectivity index (χ1) is 8.81. The molecular weight excluding hydrogens is 249 g/mol. The molecule has 0 aromatic heterocycles. The Labute approximate surface area is 109 Å². The highest BCUT2D eigenvalue weighted by atomic mass is 32.2. The first kappa shape index (κ1) is 12.6.